The number of carbonyl (C=O) groups is 2. The quantitative estimate of drug-likeness (QED) is 0.875. The molecule has 6 heteroatoms. The minimum Gasteiger partial charge on any atom is -0.497 e. The number of hydrogen-bond donors (Lipinski definition) is 2. The minimum atomic E-state index is -0.441. The van der Waals surface area contributed by atoms with Gasteiger partial charge in [-0.25, -0.2) is 4.79 Å². The monoisotopic (exact) mass is 301 g/mol. The van der Waals surface area contributed by atoms with Crippen molar-refractivity contribution in [3.63, 3.8) is 0 Å². The molecule has 1 atom stereocenters. The first-order valence-corrected chi connectivity index (χ1v) is 7.34. The van der Waals surface area contributed by atoms with Crippen LogP contribution in [0.2, 0.25) is 0 Å². The average molecular weight is 301 g/mol. The van der Waals surface area contributed by atoms with Gasteiger partial charge in [0.1, 0.15) is 11.8 Å². The van der Waals surface area contributed by atoms with Crippen LogP contribution in [-0.4, -0.2) is 49.6 Å². The van der Waals surface area contributed by atoms with Crippen molar-refractivity contribution in [2.75, 3.05) is 26.7 Å². The van der Waals surface area contributed by atoms with Crippen LogP contribution in [0, 0.1) is 0 Å². The first kappa shape index (κ1) is 14.4. The van der Waals surface area contributed by atoms with Gasteiger partial charge in [0.25, 0.3) is 0 Å². The molecule has 0 radical (unpaired) electrons. The largest absolute Gasteiger partial charge is 0.497 e. The maximum atomic E-state index is 12.3. The Hall–Kier alpha value is -2.50. The summed E-state index contributed by atoms with van der Waals surface area (Å²) in [6.45, 7) is 1.61. The van der Waals surface area contributed by atoms with Gasteiger partial charge in [0.05, 0.1) is 7.11 Å². The van der Waals surface area contributed by atoms with Crippen molar-refractivity contribution >= 4 is 17.5 Å². The molecule has 1 aromatic rings. The number of methoxy groups -OCH3 is 1. The Morgan fingerprint density at radius 2 is 2.09 bits per heavy atom. The molecule has 0 spiro atoms. The lowest BCUT2D eigenvalue weighted by Gasteiger charge is -2.28. The van der Waals surface area contributed by atoms with Gasteiger partial charge < -0.3 is 20.3 Å². The van der Waals surface area contributed by atoms with E-state index >= 15 is 0 Å². The van der Waals surface area contributed by atoms with E-state index in [0.29, 0.717) is 19.6 Å². The van der Waals surface area contributed by atoms with E-state index in [1.165, 1.54) is 5.57 Å². The predicted octanol–water partition coefficient (Wildman–Crippen LogP) is 0.992. The SMILES string of the molecule is COc1ccc(C2=CCN(C(=O)[C@@H]3CNC(=O)N3)CC2)cc1. The molecule has 1 aromatic carbocycles. The van der Waals surface area contributed by atoms with Crippen LogP contribution < -0.4 is 15.4 Å². The molecule has 0 saturated carbocycles. The Morgan fingerprint density at radius 3 is 2.64 bits per heavy atom. The lowest BCUT2D eigenvalue weighted by molar-refractivity contribution is -0.132. The van der Waals surface area contributed by atoms with Gasteiger partial charge in [-0.05, 0) is 29.7 Å². The van der Waals surface area contributed by atoms with Crippen LogP contribution in [0.4, 0.5) is 4.79 Å². The molecule has 0 aromatic heterocycles. The summed E-state index contributed by atoms with van der Waals surface area (Å²) in [7, 11) is 1.65. The number of ether oxygens (including phenoxy) is 1. The first-order chi connectivity index (χ1) is 10.7. The second kappa shape index (κ2) is 6.09. The molecule has 0 unspecified atom stereocenters. The fraction of sp³-hybridized carbons (Fsp3) is 0.375. The van der Waals surface area contributed by atoms with Gasteiger partial charge in [-0.2, -0.15) is 0 Å². The third kappa shape index (κ3) is 2.90. The Kier molecular flexibility index (Phi) is 4.00. The molecular formula is C16H19N3O3. The van der Waals surface area contributed by atoms with Gasteiger partial charge in [0, 0.05) is 19.6 Å². The van der Waals surface area contributed by atoms with E-state index in [4.69, 9.17) is 4.74 Å². The maximum absolute atomic E-state index is 12.3. The smallest absolute Gasteiger partial charge is 0.315 e. The number of hydrogen-bond acceptors (Lipinski definition) is 3. The van der Waals surface area contributed by atoms with Crippen LogP contribution in [0.15, 0.2) is 30.3 Å². The van der Waals surface area contributed by atoms with Crippen molar-refractivity contribution in [1.29, 1.82) is 0 Å². The van der Waals surface area contributed by atoms with Crippen LogP contribution in [-0.2, 0) is 4.79 Å². The summed E-state index contributed by atoms with van der Waals surface area (Å²) in [6, 6.07) is 7.22. The number of carbonyl (C=O) groups excluding carboxylic acids is 2. The Balaban J connectivity index is 1.63. The van der Waals surface area contributed by atoms with Crippen molar-refractivity contribution in [2.45, 2.75) is 12.5 Å². The average Bonchev–Trinajstić information content (AvgIpc) is 3.01. The zero-order valence-electron chi connectivity index (χ0n) is 12.5. The highest BCUT2D eigenvalue weighted by atomic mass is 16.5. The number of benzene rings is 1. The van der Waals surface area contributed by atoms with E-state index in [0.717, 1.165) is 17.7 Å². The van der Waals surface area contributed by atoms with Crippen LogP contribution in [0.3, 0.4) is 0 Å². The number of rotatable bonds is 3. The van der Waals surface area contributed by atoms with E-state index in [-0.39, 0.29) is 11.9 Å². The third-order valence-corrected chi connectivity index (χ3v) is 4.05. The Morgan fingerprint density at radius 1 is 1.32 bits per heavy atom. The fourth-order valence-electron chi connectivity index (χ4n) is 2.76. The van der Waals surface area contributed by atoms with Gasteiger partial charge in [0.15, 0.2) is 0 Å². The van der Waals surface area contributed by atoms with E-state index in [1.54, 1.807) is 12.0 Å². The van der Waals surface area contributed by atoms with Gasteiger partial charge in [-0.3, -0.25) is 4.79 Å². The summed E-state index contributed by atoms with van der Waals surface area (Å²) in [5.74, 6) is 0.810. The van der Waals surface area contributed by atoms with E-state index in [2.05, 4.69) is 16.7 Å². The fourth-order valence-corrected chi connectivity index (χ4v) is 2.76. The molecule has 0 aliphatic carbocycles. The Bertz CT molecular complexity index is 610. The highest BCUT2D eigenvalue weighted by molar-refractivity contribution is 5.90. The highest BCUT2D eigenvalue weighted by Gasteiger charge is 2.31. The molecule has 0 bridgehead atoms. The lowest BCUT2D eigenvalue weighted by atomic mass is 9.99. The van der Waals surface area contributed by atoms with Gasteiger partial charge in [-0.1, -0.05) is 18.2 Å². The van der Waals surface area contributed by atoms with Gasteiger partial charge >= 0.3 is 6.03 Å². The standard InChI is InChI=1S/C16H19N3O3/c1-22-13-4-2-11(3-5-13)12-6-8-19(9-7-12)15(20)14-10-17-16(21)18-14/h2-6,14H,7-10H2,1H3,(H2,17,18,21)/t14-/m0/s1. The molecule has 2 aliphatic rings. The number of amides is 3. The summed E-state index contributed by atoms with van der Waals surface area (Å²) in [4.78, 5) is 25.2. The number of nitrogens with one attached hydrogen (secondary N) is 2. The van der Waals surface area contributed by atoms with Crippen molar-refractivity contribution in [3.05, 3.63) is 35.9 Å². The number of nitrogens with zero attached hydrogens (tertiary/aromatic N) is 1. The summed E-state index contributed by atoms with van der Waals surface area (Å²) in [5.41, 5.74) is 2.39. The van der Waals surface area contributed by atoms with Crippen molar-refractivity contribution < 1.29 is 14.3 Å². The summed E-state index contributed by atoms with van der Waals surface area (Å²) in [6.07, 6.45) is 2.89. The molecule has 116 valence electrons. The van der Waals surface area contributed by atoms with Crippen LogP contribution in [0.5, 0.6) is 5.75 Å². The predicted molar refractivity (Wildman–Crippen MR) is 82.5 cm³/mol. The molecule has 1 fully saturated rings. The zero-order valence-corrected chi connectivity index (χ0v) is 12.5. The summed E-state index contributed by atoms with van der Waals surface area (Å²) < 4.78 is 5.16. The molecule has 2 N–H and O–H groups in total. The molecule has 3 amide bonds. The highest BCUT2D eigenvalue weighted by Crippen LogP contribution is 2.24. The maximum Gasteiger partial charge on any atom is 0.315 e. The third-order valence-electron chi connectivity index (χ3n) is 4.05. The van der Waals surface area contributed by atoms with E-state index in [1.807, 2.05) is 24.3 Å². The first-order valence-electron chi connectivity index (χ1n) is 7.34. The van der Waals surface area contributed by atoms with E-state index < -0.39 is 6.04 Å². The van der Waals surface area contributed by atoms with Gasteiger partial charge in [-0.15, -0.1) is 0 Å². The van der Waals surface area contributed by atoms with Crippen molar-refractivity contribution in [2.24, 2.45) is 0 Å². The molecule has 2 aliphatic heterocycles. The lowest BCUT2D eigenvalue weighted by Crippen LogP contribution is -2.47. The minimum absolute atomic E-state index is 0.0246. The molecular weight excluding hydrogens is 282 g/mol. The molecule has 6 nitrogen and oxygen atoms in total. The number of urea groups is 1. The molecule has 1 saturated heterocycles. The van der Waals surface area contributed by atoms with Crippen LogP contribution in [0.1, 0.15) is 12.0 Å². The van der Waals surface area contributed by atoms with Crippen LogP contribution >= 0.6 is 0 Å². The van der Waals surface area contributed by atoms with Crippen LogP contribution in [0.25, 0.3) is 5.57 Å². The second-order valence-electron chi connectivity index (χ2n) is 5.40. The molecule has 2 heterocycles. The summed E-state index contributed by atoms with van der Waals surface area (Å²) in [5, 5.41) is 5.24. The normalized spacial score (nSPS) is 21.0. The topological polar surface area (TPSA) is 70.7 Å². The molecule has 22 heavy (non-hydrogen) atoms. The van der Waals surface area contributed by atoms with Crippen molar-refractivity contribution in [3.8, 4) is 5.75 Å². The second-order valence-corrected chi connectivity index (χ2v) is 5.40. The molecule has 3 rings (SSSR count). The summed E-state index contributed by atoms with van der Waals surface area (Å²) >= 11 is 0. The van der Waals surface area contributed by atoms with E-state index in [9.17, 15) is 9.59 Å². The van der Waals surface area contributed by atoms with Crippen molar-refractivity contribution in [1.82, 2.24) is 15.5 Å². The van der Waals surface area contributed by atoms with Gasteiger partial charge in [0.2, 0.25) is 5.91 Å². The zero-order chi connectivity index (χ0) is 15.5. The Labute approximate surface area is 129 Å².